The highest BCUT2D eigenvalue weighted by Crippen LogP contribution is 2.33. The quantitative estimate of drug-likeness (QED) is 0.518. The number of amides is 1. The highest BCUT2D eigenvalue weighted by Gasteiger charge is 2.40. The van der Waals surface area contributed by atoms with E-state index >= 15 is 0 Å². The van der Waals surface area contributed by atoms with E-state index in [0.29, 0.717) is 13.2 Å². The Morgan fingerprint density at radius 3 is 2.32 bits per heavy atom. The molecule has 0 radical (unpaired) electrons. The topological polar surface area (TPSA) is 50.8 Å². The third-order valence-electron chi connectivity index (χ3n) is 5.55. The van der Waals surface area contributed by atoms with Gasteiger partial charge in [-0.1, -0.05) is 40.0 Å². The van der Waals surface area contributed by atoms with Gasteiger partial charge in [-0.05, 0) is 63.0 Å². The molecule has 1 N–H and O–H groups in total. The molecule has 1 aliphatic carbocycles. The molecule has 0 spiro atoms. The lowest BCUT2D eigenvalue weighted by Crippen LogP contribution is -2.47. The molecule has 1 amide bonds. The zero-order valence-corrected chi connectivity index (χ0v) is 18.0. The fourth-order valence-electron chi connectivity index (χ4n) is 3.75. The maximum Gasteiger partial charge on any atom is 0.256 e. The van der Waals surface area contributed by atoms with E-state index in [0.717, 1.165) is 69.6 Å². The normalized spacial score (nSPS) is 16.1. The van der Waals surface area contributed by atoms with Gasteiger partial charge in [0.25, 0.3) is 5.91 Å². The van der Waals surface area contributed by atoms with Crippen LogP contribution < -0.4 is 10.1 Å². The molecule has 1 aromatic carbocycles. The number of benzene rings is 1. The number of carbonyl (C=O) groups excluding carboxylic acids is 1. The molecule has 0 aliphatic heterocycles. The van der Waals surface area contributed by atoms with Gasteiger partial charge in [0.1, 0.15) is 11.4 Å². The monoisotopic (exact) mass is 390 g/mol. The number of ether oxygens (including phenoxy) is 2. The van der Waals surface area contributed by atoms with Crippen LogP contribution in [-0.2, 0) is 9.53 Å². The van der Waals surface area contributed by atoms with Gasteiger partial charge in [-0.25, -0.2) is 0 Å². The highest BCUT2D eigenvalue weighted by atomic mass is 16.5. The summed E-state index contributed by atoms with van der Waals surface area (Å²) in [4.78, 5) is 15.3. The van der Waals surface area contributed by atoms with Crippen molar-refractivity contribution < 1.29 is 14.3 Å². The Morgan fingerprint density at radius 1 is 1.04 bits per heavy atom. The van der Waals surface area contributed by atoms with Crippen molar-refractivity contribution in [2.45, 2.75) is 71.3 Å². The first kappa shape index (κ1) is 22.7. The van der Waals surface area contributed by atoms with Crippen molar-refractivity contribution in [2.24, 2.45) is 0 Å². The van der Waals surface area contributed by atoms with Gasteiger partial charge in [0.15, 0.2) is 0 Å². The van der Waals surface area contributed by atoms with E-state index < -0.39 is 5.60 Å². The summed E-state index contributed by atoms with van der Waals surface area (Å²) in [6.45, 7) is 11.0. The summed E-state index contributed by atoms with van der Waals surface area (Å²) < 4.78 is 11.9. The van der Waals surface area contributed by atoms with Crippen molar-refractivity contribution in [3.8, 4) is 5.75 Å². The molecule has 158 valence electrons. The average molecular weight is 391 g/mol. The van der Waals surface area contributed by atoms with Crippen LogP contribution >= 0.6 is 0 Å². The average Bonchev–Trinajstić information content (AvgIpc) is 2.74. The Kier molecular flexibility index (Phi) is 9.79. The van der Waals surface area contributed by atoms with E-state index in [9.17, 15) is 4.79 Å². The van der Waals surface area contributed by atoms with Crippen LogP contribution in [0.5, 0.6) is 5.75 Å². The third kappa shape index (κ3) is 6.78. The summed E-state index contributed by atoms with van der Waals surface area (Å²) in [7, 11) is 0. The molecular weight excluding hydrogens is 352 g/mol. The van der Waals surface area contributed by atoms with Crippen LogP contribution in [0.1, 0.15) is 65.7 Å². The second-order valence-electron chi connectivity index (χ2n) is 7.61. The number of rotatable bonds is 12. The lowest BCUT2D eigenvalue weighted by Gasteiger charge is -2.35. The van der Waals surface area contributed by atoms with Gasteiger partial charge in [-0.2, -0.15) is 0 Å². The van der Waals surface area contributed by atoms with Gasteiger partial charge in [-0.15, -0.1) is 0 Å². The Morgan fingerprint density at radius 2 is 1.71 bits per heavy atom. The van der Waals surface area contributed by atoms with Gasteiger partial charge >= 0.3 is 0 Å². The third-order valence-corrected chi connectivity index (χ3v) is 5.55. The second kappa shape index (κ2) is 12.1. The first-order valence-corrected chi connectivity index (χ1v) is 11.0. The van der Waals surface area contributed by atoms with Crippen molar-refractivity contribution in [3.05, 3.63) is 24.3 Å². The van der Waals surface area contributed by atoms with Crippen LogP contribution in [0.4, 0.5) is 5.69 Å². The highest BCUT2D eigenvalue weighted by molar-refractivity contribution is 5.97. The molecule has 1 fully saturated rings. The first-order valence-electron chi connectivity index (χ1n) is 11.0. The molecule has 0 atom stereocenters. The summed E-state index contributed by atoms with van der Waals surface area (Å²) in [5.74, 6) is 0.834. The van der Waals surface area contributed by atoms with Crippen LogP contribution in [-0.4, -0.2) is 49.3 Å². The summed E-state index contributed by atoms with van der Waals surface area (Å²) in [6, 6.07) is 7.67. The first-order chi connectivity index (χ1) is 13.6. The minimum Gasteiger partial charge on any atom is -0.494 e. The van der Waals surface area contributed by atoms with Crippen molar-refractivity contribution >= 4 is 11.6 Å². The molecule has 0 saturated heterocycles. The van der Waals surface area contributed by atoms with Gasteiger partial charge in [0.2, 0.25) is 0 Å². The molecule has 1 aromatic rings. The summed E-state index contributed by atoms with van der Waals surface area (Å²) in [5, 5.41) is 3.06. The molecule has 5 heteroatoms. The minimum absolute atomic E-state index is 0.00598. The number of nitrogens with one attached hydrogen (secondary N) is 1. The van der Waals surface area contributed by atoms with Gasteiger partial charge in [0.05, 0.1) is 6.61 Å². The summed E-state index contributed by atoms with van der Waals surface area (Å²) in [6.07, 6.45) is 6.85. The number of hydrogen-bond acceptors (Lipinski definition) is 4. The Bertz CT molecular complexity index is 564. The molecule has 0 bridgehead atoms. The van der Waals surface area contributed by atoms with Gasteiger partial charge < -0.3 is 19.7 Å². The molecule has 0 aromatic heterocycles. The summed E-state index contributed by atoms with van der Waals surface area (Å²) >= 11 is 0. The van der Waals surface area contributed by atoms with Gasteiger partial charge in [0, 0.05) is 18.8 Å². The smallest absolute Gasteiger partial charge is 0.256 e. The lowest BCUT2D eigenvalue weighted by molar-refractivity contribution is -0.146. The molecule has 5 nitrogen and oxygen atoms in total. The van der Waals surface area contributed by atoms with E-state index in [1.54, 1.807) is 0 Å². The largest absolute Gasteiger partial charge is 0.494 e. The Hall–Kier alpha value is -1.59. The second-order valence-corrected chi connectivity index (χ2v) is 7.61. The van der Waals surface area contributed by atoms with E-state index in [1.165, 1.54) is 6.42 Å². The van der Waals surface area contributed by atoms with Crippen molar-refractivity contribution in [2.75, 3.05) is 38.2 Å². The standard InChI is InChI=1S/C23H38N2O3/c1-4-18-28-23(15-8-7-9-16-23)22(26)24-20-11-13-21(14-12-20)27-19-10-17-25(5-2)6-3/h11-14H,4-10,15-19H2,1-3H3,(H,24,26). The fourth-order valence-corrected chi connectivity index (χ4v) is 3.75. The van der Waals surface area contributed by atoms with E-state index in [1.807, 2.05) is 24.3 Å². The predicted octanol–water partition coefficient (Wildman–Crippen LogP) is 4.87. The summed E-state index contributed by atoms with van der Waals surface area (Å²) in [5.41, 5.74) is 0.138. The molecule has 2 rings (SSSR count). The van der Waals surface area contributed by atoms with Crippen LogP contribution in [0.3, 0.4) is 0 Å². The SMILES string of the molecule is CCCOC1(C(=O)Nc2ccc(OCCCN(CC)CC)cc2)CCCCC1. The molecule has 1 aliphatic rings. The zero-order chi connectivity index (χ0) is 20.2. The molecular formula is C23H38N2O3. The molecule has 0 unspecified atom stereocenters. The molecule has 1 saturated carbocycles. The van der Waals surface area contributed by atoms with Crippen LogP contribution in [0.25, 0.3) is 0 Å². The lowest BCUT2D eigenvalue weighted by atomic mass is 9.83. The number of nitrogens with zero attached hydrogens (tertiary/aromatic N) is 1. The van der Waals surface area contributed by atoms with Crippen molar-refractivity contribution in [1.29, 1.82) is 0 Å². The van der Waals surface area contributed by atoms with E-state index in [2.05, 4.69) is 31.0 Å². The Labute approximate surface area is 170 Å². The maximum atomic E-state index is 12.9. The van der Waals surface area contributed by atoms with Crippen LogP contribution in [0.15, 0.2) is 24.3 Å². The zero-order valence-electron chi connectivity index (χ0n) is 18.0. The van der Waals surface area contributed by atoms with E-state index in [-0.39, 0.29) is 5.91 Å². The molecule has 0 heterocycles. The van der Waals surface area contributed by atoms with Gasteiger partial charge in [-0.3, -0.25) is 4.79 Å². The fraction of sp³-hybridized carbons (Fsp3) is 0.696. The number of anilines is 1. The van der Waals surface area contributed by atoms with Crippen LogP contribution in [0, 0.1) is 0 Å². The van der Waals surface area contributed by atoms with Crippen LogP contribution in [0.2, 0.25) is 0 Å². The van der Waals surface area contributed by atoms with Crippen molar-refractivity contribution in [3.63, 3.8) is 0 Å². The maximum absolute atomic E-state index is 12.9. The van der Waals surface area contributed by atoms with E-state index in [4.69, 9.17) is 9.47 Å². The number of carbonyl (C=O) groups is 1. The minimum atomic E-state index is -0.659. The predicted molar refractivity (Wildman–Crippen MR) is 115 cm³/mol. The van der Waals surface area contributed by atoms with Crippen molar-refractivity contribution in [1.82, 2.24) is 4.90 Å². The molecule has 28 heavy (non-hydrogen) atoms. The Balaban J connectivity index is 1.84. The number of hydrogen-bond donors (Lipinski definition) is 1.